The molecule has 3 fully saturated rings. The van der Waals surface area contributed by atoms with Crippen LogP contribution in [0.5, 0.6) is 0 Å². The molecule has 78 valence electrons. The molecule has 0 spiro atoms. The molecule has 3 atom stereocenters. The average Bonchev–Trinajstić information content (AvgIpc) is 2.68. The molecule has 0 aromatic carbocycles. The van der Waals surface area contributed by atoms with E-state index in [1.165, 1.54) is 6.42 Å². The van der Waals surface area contributed by atoms with Crippen molar-refractivity contribution in [3.63, 3.8) is 0 Å². The number of ether oxygens (including phenoxy) is 1. The van der Waals surface area contributed by atoms with Crippen molar-refractivity contribution in [1.82, 2.24) is 0 Å². The van der Waals surface area contributed by atoms with E-state index in [1.807, 2.05) is 0 Å². The molecule has 3 heteroatoms. The molecule has 1 N–H and O–H groups in total. The number of fused-ring (bicyclic) bond motifs is 1. The van der Waals surface area contributed by atoms with Crippen LogP contribution in [-0.2, 0) is 9.53 Å². The Morgan fingerprint density at radius 3 is 2.57 bits per heavy atom. The van der Waals surface area contributed by atoms with Crippen LogP contribution < -0.4 is 0 Å². The zero-order valence-electron chi connectivity index (χ0n) is 8.24. The second-order valence-corrected chi connectivity index (χ2v) is 5.19. The summed E-state index contributed by atoms with van der Waals surface area (Å²) in [6.45, 7) is 1.43. The number of hydrogen-bond donors (Lipinski definition) is 1. The van der Waals surface area contributed by atoms with Gasteiger partial charge in [0.15, 0.2) is 0 Å². The highest BCUT2D eigenvalue weighted by Gasteiger charge is 2.60. The molecule has 0 amide bonds. The first kappa shape index (κ1) is 8.72. The molecule has 14 heavy (non-hydrogen) atoms. The fourth-order valence-electron chi connectivity index (χ4n) is 3.48. The third-order valence-electron chi connectivity index (χ3n) is 4.46. The van der Waals surface area contributed by atoms with Gasteiger partial charge in [0.2, 0.25) is 0 Å². The van der Waals surface area contributed by atoms with Crippen molar-refractivity contribution >= 4 is 5.97 Å². The maximum atomic E-state index is 11.4. The van der Waals surface area contributed by atoms with Crippen molar-refractivity contribution in [1.29, 1.82) is 0 Å². The van der Waals surface area contributed by atoms with Crippen molar-refractivity contribution in [3.05, 3.63) is 0 Å². The van der Waals surface area contributed by atoms with Gasteiger partial charge in [0.1, 0.15) is 0 Å². The summed E-state index contributed by atoms with van der Waals surface area (Å²) in [7, 11) is 0. The number of rotatable bonds is 2. The van der Waals surface area contributed by atoms with E-state index in [0.717, 1.165) is 37.7 Å². The second kappa shape index (κ2) is 2.72. The van der Waals surface area contributed by atoms with Gasteiger partial charge in [-0.3, -0.25) is 4.79 Å². The van der Waals surface area contributed by atoms with Gasteiger partial charge in [-0.05, 0) is 37.5 Å². The lowest BCUT2D eigenvalue weighted by molar-refractivity contribution is -0.153. The maximum Gasteiger partial charge on any atom is 0.310 e. The Bertz CT molecular complexity index is 258. The number of hydrogen-bond acceptors (Lipinski definition) is 2. The molecular formula is C11H16O3. The van der Waals surface area contributed by atoms with E-state index in [-0.39, 0.29) is 5.92 Å². The van der Waals surface area contributed by atoms with Gasteiger partial charge in [0.25, 0.3) is 0 Å². The van der Waals surface area contributed by atoms with Gasteiger partial charge in [-0.2, -0.15) is 0 Å². The third-order valence-corrected chi connectivity index (χ3v) is 4.46. The summed E-state index contributed by atoms with van der Waals surface area (Å²) in [5.41, 5.74) is -0.413. The summed E-state index contributed by atoms with van der Waals surface area (Å²) in [4.78, 5) is 11.4. The fraction of sp³-hybridized carbons (Fsp3) is 0.909. The Morgan fingerprint density at radius 2 is 2.07 bits per heavy atom. The second-order valence-electron chi connectivity index (χ2n) is 5.19. The monoisotopic (exact) mass is 196 g/mol. The van der Waals surface area contributed by atoms with Crippen LogP contribution in [0, 0.1) is 23.2 Å². The normalized spacial score (nSPS) is 50.4. The van der Waals surface area contributed by atoms with Gasteiger partial charge in [0, 0.05) is 12.5 Å². The van der Waals surface area contributed by atoms with Gasteiger partial charge >= 0.3 is 5.97 Å². The average molecular weight is 196 g/mol. The maximum absolute atomic E-state index is 11.4. The lowest BCUT2D eigenvalue weighted by Crippen LogP contribution is -2.37. The largest absolute Gasteiger partial charge is 0.481 e. The van der Waals surface area contributed by atoms with E-state index in [4.69, 9.17) is 4.74 Å². The van der Waals surface area contributed by atoms with Crippen LogP contribution in [0.4, 0.5) is 0 Å². The summed E-state index contributed by atoms with van der Waals surface area (Å²) in [6.07, 6.45) is 4.07. The topological polar surface area (TPSA) is 46.5 Å². The molecule has 0 aromatic rings. The van der Waals surface area contributed by atoms with Crippen LogP contribution in [0.2, 0.25) is 0 Å². The lowest BCUT2D eigenvalue weighted by Gasteiger charge is -2.31. The molecule has 3 unspecified atom stereocenters. The van der Waals surface area contributed by atoms with E-state index in [2.05, 4.69) is 0 Å². The van der Waals surface area contributed by atoms with Crippen LogP contribution in [0.3, 0.4) is 0 Å². The van der Waals surface area contributed by atoms with Crippen LogP contribution >= 0.6 is 0 Å². The first-order valence-electron chi connectivity index (χ1n) is 5.53. The zero-order valence-corrected chi connectivity index (χ0v) is 8.24. The smallest absolute Gasteiger partial charge is 0.310 e. The summed E-state index contributed by atoms with van der Waals surface area (Å²) in [5, 5.41) is 9.41. The van der Waals surface area contributed by atoms with Gasteiger partial charge in [-0.25, -0.2) is 0 Å². The van der Waals surface area contributed by atoms with Gasteiger partial charge < -0.3 is 9.84 Å². The molecule has 2 saturated carbocycles. The standard InChI is InChI=1S/C11H16O3/c12-10(13)11(9-1-2-14-6-9)4-7-3-8(7)5-11/h7-9H,1-6H2,(H,12,13). The molecule has 0 radical (unpaired) electrons. The molecule has 3 rings (SSSR count). The van der Waals surface area contributed by atoms with E-state index in [0.29, 0.717) is 6.61 Å². The Balaban J connectivity index is 1.84. The van der Waals surface area contributed by atoms with Crippen molar-refractivity contribution in [3.8, 4) is 0 Å². The summed E-state index contributed by atoms with van der Waals surface area (Å²) < 4.78 is 5.33. The molecule has 1 saturated heterocycles. The van der Waals surface area contributed by atoms with E-state index in [9.17, 15) is 9.90 Å². The van der Waals surface area contributed by atoms with Crippen molar-refractivity contribution in [2.45, 2.75) is 25.7 Å². The van der Waals surface area contributed by atoms with Crippen molar-refractivity contribution in [2.75, 3.05) is 13.2 Å². The van der Waals surface area contributed by atoms with E-state index < -0.39 is 11.4 Å². The zero-order chi connectivity index (χ0) is 9.76. The first-order chi connectivity index (χ1) is 6.72. The molecule has 2 aliphatic carbocycles. The minimum atomic E-state index is -0.569. The number of carboxylic acid groups (broad SMARTS) is 1. The van der Waals surface area contributed by atoms with E-state index in [1.54, 1.807) is 0 Å². The lowest BCUT2D eigenvalue weighted by atomic mass is 9.71. The number of carbonyl (C=O) groups is 1. The van der Waals surface area contributed by atoms with Gasteiger partial charge in [-0.1, -0.05) is 0 Å². The summed E-state index contributed by atoms with van der Waals surface area (Å²) >= 11 is 0. The van der Waals surface area contributed by atoms with E-state index >= 15 is 0 Å². The van der Waals surface area contributed by atoms with Crippen LogP contribution in [-0.4, -0.2) is 24.3 Å². The third kappa shape index (κ3) is 1.05. The predicted octanol–water partition coefficient (Wildman–Crippen LogP) is 1.52. The minimum Gasteiger partial charge on any atom is -0.481 e. The molecular weight excluding hydrogens is 180 g/mol. The Hall–Kier alpha value is -0.570. The highest BCUT2D eigenvalue weighted by atomic mass is 16.5. The Morgan fingerprint density at radius 1 is 1.36 bits per heavy atom. The summed E-state index contributed by atoms with van der Waals surface area (Å²) in [5.74, 6) is 1.17. The number of carboxylic acids is 1. The highest BCUT2D eigenvalue weighted by molar-refractivity contribution is 5.76. The fourth-order valence-corrected chi connectivity index (χ4v) is 3.48. The minimum absolute atomic E-state index is 0.285. The molecule has 3 nitrogen and oxygen atoms in total. The highest BCUT2D eigenvalue weighted by Crippen LogP contribution is 2.63. The van der Waals surface area contributed by atoms with Crippen LogP contribution in [0.15, 0.2) is 0 Å². The van der Waals surface area contributed by atoms with Gasteiger partial charge in [0.05, 0.1) is 12.0 Å². The Kier molecular flexibility index (Phi) is 1.69. The summed E-state index contributed by atoms with van der Waals surface area (Å²) in [6, 6.07) is 0. The van der Waals surface area contributed by atoms with Crippen molar-refractivity contribution in [2.24, 2.45) is 23.2 Å². The van der Waals surface area contributed by atoms with Crippen LogP contribution in [0.25, 0.3) is 0 Å². The predicted molar refractivity (Wildman–Crippen MR) is 49.8 cm³/mol. The molecule has 1 heterocycles. The van der Waals surface area contributed by atoms with Gasteiger partial charge in [-0.15, -0.1) is 0 Å². The SMILES string of the molecule is O=C(O)C1(C2CCOC2)CC2CC2C1. The molecule has 3 aliphatic rings. The Labute approximate surface area is 83.4 Å². The quantitative estimate of drug-likeness (QED) is 0.728. The molecule has 1 aliphatic heterocycles. The molecule has 0 bridgehead atoms. The van der Waals surface area contributed by atoms with Crippen molar-refractivity contribution < 1.29 is 14.6 Å². The first-order valence-corrected chi connectivity index (χ1v) is 5.53. The number of aliphatic carboxylic acids is 1. The molecule has 0 aromatic heterocycles. The van der Waals surface area contributed by atoms with Crippen LogP contribution in [0.1, 0.15) is 25.7 Å².